The van der Waals surface area contributed by atoms with E-state index in [1.165, 1.54) is 12.8 Å². The first-order valence-electron chi connectivity index (χ1n) is 6.72. The van der Waals surface area contributed by atoms with Crippen molar-refractivity contribution in [2.45, 2.75) is 32.7 Å². The number of ether oxygens (including phenoxy) is 1. The van der Waals surface area contributed by atoms with Crippen LogP contribution in [0.1, 0.15) is 38.3 Å². The van der Waals surface area contributed by atoms with Crippen molar-refractivity contribution >= 4 is 0 Å². The summed E-state index contributed by atoms with van der Waals surface area (Å²) in [6.07, 6.45) is 2.57. The molecule has 0 aromatic heterocycles. The van der Waals surface area contributed by atoms with E-state index in [1.54, 1.807) is 13.2 Å². The molecule has 0 amide bonds. The molecular formula is C15H23NO2. The Bertz CT molecular complexity index is 405. The first kappa shape index (κ1) is 13.2. The zero-order valence-corrected chi connectivity index (χ0v) is 11.5. The van der Waals surface area contributed by atoms with Gasteiger partial charge in [-0.2, -0.15) is 0 Å². The van der Waals surface area contributed by atoms with E-state index in [-0.39, 0.29) is 6.04 Å². The van der Waals surface area contributed by atoms with Crippen molar-refractivity contribution in [2.24, 2.45) is 5.92 Å². The standard InChI is InChI=1S/C15H23NO2/c1-11-5-4-8-16(10-11)12(2)14-7-6-13(18-3)9-15(14)17/h6-7,9,11-12,17H,4-5,8,10H2,1-3H3. The fourth-order valence-electron chi connectivity index (χ4n) is 2.78. The second-order valence-electron chi connectivity index (χ2n) is 5.34. The molecule has 0 saturated carbocycles. The van der Waals surface area contributed by atoms with Crippen molar-refractivity contribution in [3.05, 3.63) is 23.8 Å². The lowest BCUT2D eigenvalue weighted by molar-refractivity contribution is 0.137. The maximum atomic E-state index is 10.1. The fourth-order valence-corrected chi connectivity index (χ4v) is 2.78. The fraction of sp³-hybridized carbons (Fsp3) is 0.600. The third-order valence-corrected chi connectivity index (χ3v) is 3.92. The van der Waals surface area contributed by atoms with E-state index in [4.69, 9.17) is 4.74 Å². The molecule has 18 heavy (non-hydrogen) atoms. The molecule has 0 bridgehead atoms. The summed E-state index contributed by atoms with van der Waals surface area (Å²) in [6, 6.07) is 5.84. The van der Waals surface area contributed by atoms with Crippen LogP contribution in [0.3, 0.4) is 0 Å². The summed E-state index contributed by atoms with van der Waals surface area (Å²) >= 11 is 0. The number of hydrogen-bond donors (Lipinski definition) is 1. The maximum Gasteiger partial charge on any atom is 0.124 e. The smallest absolute Gasteiger partial charge is 0.124 e. The molecule has 1 aromatic carbocycles. The van der Waals surface area contributed by atoms with Crippen LogP contribution in [-0.4, -0.2) is 30.2 Å². The number of piperidine rings is 1. The number of nitrogens with zero attached hydrogens (tertiary/aromatic N) is 1. The average Bonchev–Trinajstić information content (AvgIpc) is 2.37. The Labute approximate surface area is 109 Å². The van der Waals surface area contributed by atoms with E-state index >= 15 is 0 Å². The SMILES string of the molecule is COc1ccc(C(C)N2CCCC(C)C2)c(O)c1. The first-order valence-corrected chi connectivity index (χ1v) is 6.72. The molecule has 1 N–H and O–H groups in total. The summed E-state index contributed by atoms with van der Waals surface area (Å²) in [5, 5.41) is 10.1. The molecule has 100 valence electrons. The minimum absolute atomic E-state index is 0.263. The normalized spacial score (nSPS) is 22.7. The van der Waals surface area contributed by atoms with Crippen molar-refractivity contribution in [3.63, 3.8) is 0 Å². The number of aromatic hydroxyl groups is 1. The predicted molar refractivity (Wildman–Crippen MR) is 73.0 cm³/mol. The van der Waals surface area contributed by atoms with Gasteiger partial charge in [0.2, 0.25) is 0 Å². The van der Waals surface area contributed by atoms with Crippen LogP contribution in [-0.2, 0) is 0 Å². The summed E-state index contributed by atoms with van der Waals surface area (Å²) in [7, 11) is 1.62. The van der Waals surface area contributed by atoms with Gasteiger partial charge in [-0.3, -0.25) is 4.90 Å². The number of phenolic OH excluding ortho intramolecular Hbond substituents is 1. The number of likely N-dealkylation sites (tertiary alicyclic amines) is 1. The Morgan fingerprint density at radius 2 is 2.22 bits per heavy atom. The molecule has 0 spiro atoms. The number of methoxy groups -OCH3 is 1. The number of hydrogen-bond acceptors (Lipinski definition) is 3. The monoisotopic (exact) mass is 249 g/mol. The highest BCUT2D eigenvalue weighted by molar-refractivity contribution is 5.41. The molecule has 1 heterocycles. The summed E-state index contributed by atoms with van der Waals surface area (Å²) in [5.41, 5.74) is 0.991. The van der Waals surface area contributed by atoms with Gasteiger partial charge in [-0.15, -0.1) is 0 Å². The summed E-state index contributed by atoms with van der Waals surface area (Å²) in [5.74, 6) is 1.79. The van der Waals surface area contributed by atoms with Crippen LogP contribution in [0.15, 0.2) is 18.2 Å². The lowest BCUT2D eigenvalue weighted by Gasteiger charge is -2.36. The van der Waals surface area contributed by atoms with Crippen molar-refractivity contribution in [1.82, 2.24) is 4.90 Å². The summed E-state index contributed by atoms with van der Waals surface area (Å²) in [4.78, 5) is 2.45. The minimum atomic E-state index is 0.263. The molecule has 1 saturated heterocycles. The van der Waals surface area contributed by atoms with Crippen molar-refractivity contribution < 1.29 is 9.84 Å². The first-order chi connectivity index (χ1) is 8.61. The van der Waals surface area contributed by atoms with Crippen LogP contribution < -0.4 is 4.74 Å². The molecule has 1 aromatic rings. The quantitative estimate of drug-likeness (QED) is 0.893. The zero-order valence-electron chi connectivity index (χ0n) is 11.5. The van der Waals surface area contributed by atoms with E-state index in [0.717, 1.165) is 24.6 Å². The molecule has 1 aliphatic rings. The van der Waals surface area contributed by atoms with Gasteiger partial charge in [0.25, 0.3) is 0 Å². The molecule has 0 radical (unpaired) electrons. The Morgan fingerprint density at radius 3 is 2.83 bits per heavy atom. The largest absolute Gasteiger partial charge is 0.507 e. The summed E-state index contributed by atoms with van der Waals surface area (Å²) in [6.45, 7) is 6.70. The number of benzene rings is 1. The highest BCUT2D eigenvalue weighted by Gasteiger charge is 2.23. The molecule has 3 heteroatoms. The molecule has 3 nitrogen and oxygen atoms in total. The second-order valence-corrected chi connectivity index (χ2v) is 5.34. The van der Waals surface area contributed by atoms with E-state index in [9.17, 15) is 5.11 Å². The average molecular weight is 249 g/mol. The van der Waals surface area contributed by atoms with Crippen LogP contribution >= 0.6 is 0 Å². The highest BCUT2D eigenvalue weighted by Crippen LogP contribution is 2.33. The summed E-state index contributed by atoms with van der Waals surface area (Å²) < 4.78 is 5.12. The van der Waals surface area contributed by atoms with E-state index in [2.05, 4.69) is 18.7 Å². The number of phenols is 1. The lowest BCUT2D eigenvalue weighted by Crippen LogP contribution is -2.36. The Morgan fingerprint density at radius 1 is 1.44 bits per heavy atom. The van der Waals surface area contributed by atoms with Crippen molar-refractivity contribution in [1.29, 1.82) is 0 Å². The van der Waals surface area contributed by atoms with Gasteiger partial charge in [-0.05, 0) is 38.3 Å². The highest BCUT2D eigenvalue weighted by atomic mass is 16.5. The van der Waals surface area contributed by atoms with Crippen LogP contribution in [0.2, 0.25) is 0 Å². The van der Waals surface area contributed by atoms with E-state index in [0.29, 0.717) is 11.5 Å². The van der Waals surface area contributed by atoms with Crippen LogP contribution in [0.5, 0.6) is 11.5 Å². The molecule has 2 atom stereocenters. The van der Waals surface area contributed by atoms with Crippen LogP contribution in [0, 0.1) is 5.92 Å². The van der Waals surface area contributed by atoms with Gasteiger partial charge in [0, 0.05) is 24.2 Å². The van der Waals surface area contributed by atoms with Crippen LogP contribution in [0.4, 0.5) is 0 Å². The van der Waals surface area contributed by atoms with Gasteiger partial charge >= 0.3 is 0 Å². The van der Waals surface area contributed by atoms with Gasteiger partial charge in [-0.1, -0.05) is 13.0 Å². The van der Waals surface area contributed by atoms with Gasteiger partial charge < -0.3 is 9.84 Å². The number of rotatable bonds is 3. The zero-order chi connectivity index (χ0) is 13.1. The van der Waals surface area contributed by atoms with Gasteiger partial charge in [0.1, 0.15) is 11.5 Å². The topological polar surface area (TPSA) is 32.7 Å². The van der Waals surface area contributed by atoms with Gasteiger partial charge in [-0.25, -0.2) is 0 Å². The van der Waals surface area contributed by atoms with Crippen LogP contribution in [0.25, 0.3) is 0 Å². The second kappa shape index (κ2) is 5.61. The Kier molecular flexibility index (Phi) is 4.12. The molecular weight excluding hydrogens is 226 g/mol. The van der Waals surface area contributed by atoms with Crippen molar-refractivity contribution in [3.8, 4) is 11.5 Å². The lowest BCUT2D eigenvalue weighted by atomic mass is 9.96. The van der Waals surface area contributed by atoms with E-state index in [1.807, 2.05) is 12.1 Å². The molecule has 1 fully saturated rings. The molecule has 2 unspecified atom stereocenters. The minimum Gasteiger partial charge on any atom is -0.507 e. The predicted octanol–water partition coefficient (Wildman–Crippen LogP) is 3.19. The Hall–Kier alpha value is -1.22. The molecule has 2 rings (SSSR count). The van der Waals surface area contributed by atoms with Gasteiger partial charge in [0.15, 0.2) is 0 Å². The van der Waals surface area contributed by atoms with Crippen molar-refractivity contribution in [2.75, 3.05) is 20.2 Å². The molecule has 0 aliphatic carbocycles. The van der Waals surface area contributed by atoms with E-state index < -0.39 is 0 Å². The third kappa shape index (κ3) is 2.78. The maximum absolute atomic E-state index is 10.1. The van der Waals surface area contributed by atoms with Gasteiger partial charge in [0.05, 0.1) is 7.11 Å². The molecule has 1 aliphatic heterocycles. The third-order valence-electron chi connectivity index (χ3n) is 3.92. The Balaban J connectivity index is 2.15.